The molecule has 0 spiro atoms. The maximum atomic E-state index is 13.2. The van der Waals surface area contributed by atoms with Gasteiger partial charge < -0.3 is 15.4 Å². The van der Waals surface area contributed by atoms with Crippen LogP contribution in [0.15, 0.2) is 66.1 Å². The van der Waals surface area contributed by atoms with Crippen LogP contribution in [0.25, 0.3) is 0 Å². The van der Waals surface area contributed by atoms with E-state index in [1.807, 2.05) is 25.1 Å². The van der Waals surface area contributed by atoms with E-state index in [1.165, 1.54) is 6.33 Å². The van der Waals surface area contributed by atoms with Gasteiger partial charge in [-0.15, -0.1) is 0 Å². The molecule has 8 heteroatoms. The number of fused-ring (bicyclic) bond motifs is 1. The van der Waals surface area contributed by atoms with Crippen LogP contribution in [0.1, 0.15) is 18.5 Å². The summed E-state index contributed by atoms with van der Waals surface area (Å²) in [5.74, 6) is 1.06. The zero-order valence-corrected chi connectivity index (χ0v) is 16.1. The second kappa shape index (κ2) is 7.36. The molecule has 1 aliphatic rings. The number of carbonyl (C=O) groups excluding carboxylic acids is 1. The van der Waals surface area contributed by atoms with Crippen molar-refractivity contribution in [1.82, 2.24) is 14.8 Å². The average Bonchev–Trinajstić information content (AvgIpc) is 3.15. The average molecular weight is 396 g/mol. The van der Waals surface area contributed by atoms with Gasteiger partial charge in [-0.3, -0.25) is 4.79 Å². The molecule has 0 saturated heterocycles. The lowest BCUT2D eigenvalue weighted by molar-refractivity contribution is -0.113. The number of nitrogens with one attached hydrogen (secondary N) is 2. The molecule has 0 fully saturated rings. The number of hydrogen-bond acceptors (Lipinski definition) is 5. The van der Waals surface area contributed by atoms with E-state index in [2.05, 4.69) is 20.7 Å². The van der Waals surface area contributed by atoms with E-state index in [0.717, 1.165) is 11.3 Å². The lowest BCUT2D eigenvalue weighted by atomic mass is 9.95. The predicted molar refractivity (Wildman–Crippen MR) is 108 cm³/mol. The summed E-state index contributed by atoms with van der Waals surface area (Å²) >= 11 is 6.20. The van der Waals surface area contributed by atoms with E-state index in [0.29, 0.717) is 27.9 Å². The number of hydrogen-bond donors (Lipinski definition) is 2. The molecule has 0 bridgehead atoms. The molecule has 4 rings (SSSR count). The van der Waals surface area contributed by atoms with Crippen molar-refractivity contribution in [1.29, 1.82) is 0 Å². The molecule has 1 atom stereocenters. The normalized spacial score (nSPS) is 15.6. The van der Waals surface area contributed by atoms with Crippen LogP contribution in [-0.2, 0) is 4.79 Å². The van der Waals surface area contributed by atoms with Crippen LogP contribution in [0.4, 0.5) is 11.6 Å². The van der Waals surface area contributed by atoms with Gasteiger partial charge in [-0.05, 0) is 48.9 Å². The van der Waals surface area contributed by atoms with Gasteiger partial charge in [0, 0.05) is 16.4 Å². The summed E-state index contributed by atoms with van der Waals surface area (Å²) < 4.78 is 6.84. The zero-order chi connectivity index (χ0) is 19.7. The number of benzene rings is 2. The van der Waals surface area contributed by atoms with E-state index < -0.39 is 6.04 Å². The molecular weight excluding hydrogens is 378 g/mol. The van der Waals surface area contributed by atoms with Crippen molar-refractivity contribution >= 4 is 29.1 Å². The van der Waals surface area contributed by atoms with E-state index in [9.17, 15) is 4.79 Å². The van der Waals surface area contributed by atoms with Crippen LogP contribution >= 0.6 is 11.6 Å². The highest BCUT2D eigenvalue weighted by molar-refractivity contribution is 6.30. The number of halogens is 1. The molecule has 1 amide bonds. The fraction of sp³-hybridized carbons (Fsp3) is 0.150. The number of methoxy groups -OCH3 is 1. The Morgan fingerprint density at radius 1 is 1.25 bits per heavy atom. The molecule has 2 N–H and O–H groups in total. The Balaban J connectivity index is 1.72. The first-order chi connectivity index (χ1) is 13.6. The van der Waals surface area contributed by atoms with Crippen LogP contribution in [0.3, 0.4) is 0 Å². The fourth-order valence-corrected chi connectivity index (χ4v) is 3.44. The number of aromatic nitrogens is 3. The molecule has 1 unspecified atom stereocenters. The van der Waals surface area contributed by atoms with Crippen molar-refractivity contribution in [2.75, 3.05) is 17.7 Å². The van der Waals surface area contributed by atoms with Gasteiger partial charge in [0.2, 0.25) is 5.95 Å². The lowest BCUT2D eigenvalue weighted by Crippen LogP contribution is -2.31. The molecule has 142 valence electrons. The summed E-state index contributed by atoms with van der Waals surface area (Å²) in [5.41, 5.74) is 2.76. The first-order valence-corrected chi connectivity index (χ1v) is 9.03. The highest BCUT2D eigenvalue weighted by Gasteiger charge is 2.33. The summed E-state index contributed by atoms with van der Waals surface area (Å²) in [6.45, 7) is 1.85. The minimum absolute atomic E-state index is 0.235. The molecule has 3 aromatic rings. The molecule has 2 aromatic carbocycles. The third-order valence-electron chi connectivity index (χ3n) is 4.55. The van der Waals surface area contributed by atoms with Gasteiger partial charge in [0.1, 0.15) is 18.1 Å². The molecule has 0 aliphatic carbocycles. The summed E-state index contributed by atoms with van der Waals surface area (Å²) in [7, 11) is 1.60. The number of allylic oxidation sites excluding steroid dienone is 1. The Morgan fingerprint density at radius 3 is 2.75 bits per heavy atom. The van der Waals surface area contributed by atoms with Crippen molar-refractivity contribution in [3.63, 3.8) is 0 Å². The molecule has 1 aromatic heterocycles. The first kappa shape index (κ1) is 18.1. The van der Waals surface area contributed by atoms with E-state index in [4.69, 9.17) is 16.3 Å². The SMILES string of the molecule is COc1ccc(NC(=O)C2=C(C)Nc3ncnn3C2c2cccc(Cl)c2)cc1. The Kier molecular flexibility index (Phi) is 4.75. The number of rotatable bonds is 4. The molecule has 28 heavy (non-hydrogen) atoms. The van der Waals surface area contributed by atoms with E-state index in [-0.39, 0.29) is 5.91 Å². The maximum Gasteiger partial charge on any atom is 0.255 e. The third-order valence-corrected chi connectivity index (χ3v) is 4.79. The van der Waals surface area contributed by atoms with Crippen LogP contribution in [0.5, 0.6) is 5.75 Å². The van der Waals surface area contributed by atoms with Gasteiger partial charge in [-0.25, -0.2) is 4.68 Å². The van der Waals surface area contributed by atoms with Gasteiger partial charge in [0.25, 0.3) is 5.91 Å². The second-order valence-electron chi connectivity index (χ2n) is 6.33. The van der Waals surface area contributed by atoms with E-state index >= 15 is 0 Å². The Bertz CT molecular complexity index is 1060. The monoisotopic (exact) mass is 395 g/mol. The smallest absolute Gasteiger partial charge is 0.255 e. The van der Waals surface area contributed by atoms with Gasteiger partial charge in [-0.1, -0.05) is 23.7 Å². The van der Waals surface area contributed by atoms with Gasteiger partial charge in [-0.2, -0.15) is 10.1 Å². The molecule has 7 nitrogen and oxygen atoms in total. The molecule has 2 heterocycles. The topological polar surface area (TPSA) is 81.1 Å². The first-order valence-electron chi connectivity index (χ1n) is 8.65. The van der Waals surface area contributed by atoms with E-state index in [1.54, 1.807) is 42.1 Å². The number of nitrogens with zero attached hydrogens (tertiary/aromatic N) is 3. The van der Waals surface area contributed by atoms with Crippen LogP contribution in [-0.4, -0.2) is 27.8 Å². The molecular formula is C20H18ClN5O2. The van der Waals surface area contributed by atoms with Gasteiger partial charge in [0.15, 0.2) is 0 Å². The largest absolute Gasteiger partial charge is 0.497 e. The van der Waals surface area contributed by atoms with Crippen molar-refractivity contribution in [2.45, 2.75) is 13.0 Å². The number of ether oxygens (including phenoxy) is 1. The number of carbonyl (C=O) groups is 1. The highest BCUT2D eigenvalue weighted by Crippen LogP contribution is 2.36. The van der Waals surface area contributed by atoms with Crippen molar-refractivity contribution in [2.24, 2.45) is 0 Å². The van der Waals surface area contributed by atoms with Crippen LogP contribution in [0.2, 0.25) is 5.02 Å². The van der Waals surface area contributed by atoms with Crippen molar-refractivity contribution in [3.05, 3.63) is 76.7 Å². The van der Waals surface area contributed by atoms with Crippen molar-refractivity contribution in [3.8, 4) is 5.75 Å². The van der Waals surface area contributed by atoms with Gasteiger partial charge >= 0.3 is 0 Å². The summed E-state index contributed by atoms with van der Waals surface area (Å²) in [5, 5.41) is 11.0. The molecule has 1 aliphatic heterocycles. The summed E-state index contributed by atoms with van der Waals surface area (Å²) in [6, 6.07) is 14.1. The van der Waals surface area contributed by atoms with Crippen LogP contribution in [0, 0.1) is 0 Å². The molecule has 0 saturated carbocycles. The Morgan fingerprint density at radius 2 is 2.04 bits per heavy atom. The third kappa shape index (κ3) is 3.32. The number of amides is 1. The summed E-state index contributed by atoms with van der Waals surface area (Å²) in [6.07, 6.45) is 1.46. The maximum absolute atomic E-state index is 13.2. The Labute approximate surface area is 167 Å². The second-order valence-corrected chi connectivity index (χ2v) is 6.77. The fourth-order valence-electron chi connectivity index (χ4n) is 3.24. The standard InChI is InChI=1S/C20H18ClN5O2/c1-12-17(19(27)25-15-6-8-16(28-2)9-7-15)18(13-4-3-5-14(21)10-13)26-20(24-12)22-11-23-26/h3-11,18H,1-2H3,(H,25,27)(H,22,23,24). The highest BCUT2D eigenvalue weighted by atomic mass is 35.5. The minimum atomic E-state index is -0.448. The predicted octanol–water partition coefficient (Wildman–Crippen LogP) is 3.87. The number of anilines is 2. The van der Waals surface area contributed by atoms with Crippen molar-refractivity contribution < 1.29 is 9.53 Å². The van der Waals surface area contributed by atoms with Gasteiger partial charge in [0.05, 0.1) is 12.7 Å². The Hall–Kier alpha value is -3.32. The van der Waals surface area contributed by atoms with Crippen LogP contribution < -0.4 is 15.4 Å². The summed E-state index contributed by atoms with van der Waals surface area (Å²) in [4.78, 5) is 17.4. The quantitative estimate of drug-likeness (QED) is 0.700. The zero-order valence-electron chi connectivity index (χ0n) is 15.3. The molecule has 0 radical (unpaired) electrons. The minimum Gasteiger partial charge on any atom is -0.497 e. The lowest BCUT2D eigenvalue weighted by Gasteiger charge is -2.28.